The van der Waals surface area contributed by atoms with E-state index in [4.69, 9.17) is 0 Å². The van der Waals surface area contributed by atoms with Crippen molar-refractivity contribution in [1.82, 2.24) is 25.3 Å². The molecule has 0 aliphatic carbocycles. The van der Waals surface area contributed by atoms with Gasteiger partial charge < -0.3 is 10.6 Å². The fraction of sp³-hybridized carbons (Fsp3) is 0.118. The predicted octanol–water partition coefficient (Wildman–Crippen LogP) is 1.81. The summed E-state index contributed by atoms with van der Waals surface area (Å²) in [6.07, 6.45) is 9.86. The van der Waals surface area contributed by atoms with Crippen LogP contribution in [0, 0.1) is 0 Å². The van der Waals surface area contributed by atoms with Gasteiger partial charge in [0.15, 0.2) is 0 Å². The van der Waals surface area contributed by atoms with E-state index in [9.17, 15) is 4.79 Å². The monoisotopic (exact) mass is 320 g/mol. The Morgan fingerprint density at radius 3 is 2.46 bits per heavy atom. The summed E-state index contributed by atoms with van der Waals surface area (Å²) in [7, 11) is 0. The quantitative estimate of drug-likeness (QED) is 0.719. The average Bonchev–Trinajstić information content (AvgIpc) is 2.66. The van der Waals surface area contributed by atoms with Gasteiger partial charge in [0.1, 0.15) is 11.5 Å². The maximum Gasteiger partial charge on any atom is 0.271 e. The molecule has 2 N–H and O–H groups in total. The number of nitrogens with one attached hydrogen (secondary N) is 2. The highest BCUT2D eigenvalue weighted by Gasteiger charge is 2.07. The molecule has 0 unspecified atom stereocenters. The lowest BCUT2D eigenvalue weighted by Crippen LogP contribution is -2.24. The van der Waals surface area contributed by atoms with Crippen molar-refractivity contribution in [3.8, 4) is 0 Å². The molecular formula is C17H16N6O. The van der Waals surface area contributed by atoms with E-state index in [0.717, 1.165) is 11.1 Å². The smallest absolute Gasteiger partial charge is 0.271 e. The number of aromatic nitrogens is 4. The Labute approximate surface area is 139 Å². The molecule has 3 rings (SSSR count). The molecule has 0 fully saturated rings. The van der Waals surface area contributed by atoms with E-state index in [1.54, 1.807) is 24.8 Å². The van der Waals surface area contributed by atoms with Gasteiger partial charge in [0.2, 0.25) is 0 Å². The molecule has 0 saturated carbocycles. The summed E-state index contributed by atoms with van der Waals surface area (Å²) < 4.78 is 0. The highest BCUT2D eigenvalue weighted by molar-refractivity contribution is 5.91. The molecule has 7 heteroatoms. The van der Waals surface area contributed by atoms with E-state index >= 15 is 0 Å². The maximum absolute atomic E-state index is 12.1. The molecule has 24 heavy (non-hydrogen) atoms. The van der Waals surface area contributed by atoms with E-state index in [2.05, 4.69) is 30.6 Å². The SMILES string of the molecule is O=C(NCc1ccncc1)c1cnc(NCc2cccnc2)cn1. The van der Waals surface area contributed by atoms with Crippen LogP contribution in [0.25, 0.3) is 0 Å². The molecule has 3 heterocycles. The van der Waals surface area contributed by atoms with Crippen LogP contribution in [-0.2, 0) is 13.1 Å². The van der Waals surface area contributed by atoms with Gasteiger partial charge in [-0.25, -0.2) is 9.97 Å². The van der Waals surface area contributed by atoms with Crippen LogP contribution in [0.5, 0.6) is 0 Å². The Kier molecular flexibility index (Phi) is 5.03. The van der Waals surface area contributed by atoms with Gasteiger partial charge in [-0.3, -0.25) is 14.8 Å². The molecule has 3 aromatic rings. The lowest BCUT2D eigenvalue weighted by molar-refractivity contribution is 0.0945. The van der Waals surface area contributed by atoms with Crippen molar-refractivity contribution in [3.63, 3.8) is 0 Å². The highest BCUT2D eigenvalue weighted by Crippen LogP contribution is 2.05. The number of amides is 1. The molecule has 0 aromatic carbocycles. The van der Waals surface area contributed by atoms with E-state index in [1.165, 1.54) is 12.4 Å². The Bertz CT molecular complexity index is 777. The number of anilines is 1. The van der Waals surface area contributed by atoms with Crippen molar-refractivity contribution in [3.05, 3.63) is 78.3 Å². The normalized spacial score (nSPS) is 10.2. The first-order valence-electron chi connectivity index (χ1n) is 7.43. The van der Waals surface area contributed by atoms with Gasteiger partial charge >= 0.3 is 0 Å². The summed E-state index contributed by atoms with van der Waals surface area (Å²) in [5, 5.41) is 5.93. The topological polar surface area (TPSA) is 92.7 Å². The first-order chi connectivity index (χ1) is 11.8. The number of hydrogen-bond acceptors (Lipinski definition) is 6. The van der Waals surface area contributed by atoms with E-state index in [1.807, 2.05) is 24.3 Å². The van der Waals surface area contributed by atoms with Crippen LogP contribution in [0.15, 0.2) is 61.4 Å². The third-order valence-corrected chi connectivity index (χ3v) is 3.28. The van der Waals surface area contributed by atoms with Crippen LogP contribution in [0.1, 0.15) is 21.6 Å². The minimum Gasteiger partial charge on any atom is -0.365 e. The molecule has 0 radical (unpaired) electrons. The number of nitrogens with zero attached hydrogens (tertiary/aromatic N) is 4. The fourth-order valence-corrected chi connectivity index (χ4v) is 2.01. The number of pyridine rings is 2. The Morgan fingerprint density at radius 1 is 0.875 bits per heavy atom. The summed E-state index contributed by atoms with van der Waals surface area (Å²) in [5.41, 5.74) is 2.29. The van der Waals surface area contributed by atoms with Gasteiger partial charge in [-0.05, 0) is 29.3 Å². The van der Waals surface area contributed by atoms with Crippen LogP contribution >= 0.6 is 0 Å². The lowest BCUT2D eigenvalue weighted by Gasteiger charge is -2.07. The molecule has 0 spiro atoms. The molecule has 120 valence electrons. The predicted molar refractivity (Wildman–Crippen MR) is 89.0 cm³/mol. The van der Waals surface area contributed by atoms with Crippen molar-refractivity contribution in [2.45, 2.75) is 13.1 Å². The van der Waals surface area contributed by atoms with Gasteiger partial charge in [-0.15, -0.1) is 0 Å². The molecule has 0 saturated heterocycles. The minimum atomic E-state index is -0.266. The first kappa shape index (κ1) is 15.5. The third-order valence-electron chi connectivity index (χ3n) is 3.28. The van der Waals surface area contributed by atoms with Gasteiger partial charge in [0.05, 0.1) is 12.4 Å². The second-order valence-corrected chi connectivity index (χ2v) is 5.04. The van der Waals surface area contributed by atoms with E-state index in [-0.39, 0.29) is 11.6 Å². The van der Waals surface area contributed by atoms with Crippen LogP contribution in [0.4, 0.5) is 5.82 Å². The molecule has 0 atom stereocenters. The Morgan fingerprint density at radius 2 is 1.75 bits per heavy atom. The van der Waals surface area contributed by atoms with E-state index in [0.29, 0.717) is 18.9 Å². The highest BCUT2D eigenvalue weighted by atomic mass is 16.1. The van der Waals surface area contributed by atoms with Gasteiger partial charge in [0, 0.05) is 37.9 Å². The molecular weight excluding hydrogens is 304 g/mol. The van der Waals surface area contributed by atoms with Crippen molar-refractivity contribution in [1.29, 1.82) is 0 Å². The second-order valence-electron chi connectivity index (χ2n) is 5.04. The minimum absolute atomic E-state index is 0.266. The fourth-order valence-electron chi connectivity index (χ4n) is 2.01. The molecule has 0 bridgehead atoms. The summed E-state index contributed by atoms with van der Waals surface area (Å²) in [5.74, 6) is 0.336. The standard InChI is InChI=1S/C17H16N6O/c24-17(23-9-13-3-6-18-7-4-13)15-11-22-16(12-20-15)21-10-14-2-1-5-19-8-14/h1-8,11-12H,9-10H2,(H,21,22)(H,23,24). The maximum atomic E-state index is 12.1. The largest absolute Gasteiger partial charge is 0.365 e. The van der Waals surface area contributed by atoms with Crippen molar-refractivity contribution in [2.75, 3.05) is 5.32 Å². The number of hydrogen-bond donors (Lipinski definition) is 2. The van der Waals surface area contributed by atoms with Crippen LogP contribution in [0.2, 0.25) is 0 Å². The molecule has 0 aliphatic heterocycles. The Balaban J connectivity index is 1.53. The van der Waals surface area contributed by atoms with E-state index < -0.39 is 0 Å². The van der Waals surface area contributed by atoms with Gasteiger partial charge in [-0.1, -0.05) is 6.07 Å². The zero-order valence-corrected chi connectivity index (χ0v) is 12.9. The van der Waals surface area contributed by atoms with Crippen molar-refractivity contribution in [2.24, 2.45) is 0 Å². The molecule has 0 aliphatic rings. The summed E-state index contributed by atoms with van der Waals surface area (Å²) >= 11 is 0. The van der Waals surface area contributed by atoms with Crippen LogP contribution < -0.4 is 10.6 Å². The number of rotatable bonds is 6. The molecule has 1 amide bonds. The van der Waals surface area contributed by atoms with Gasteiger partial charge in [0.25, 0.3) is 5.91 Å². The Hall–Kier alpha value is -3.35. The second kappa shape index (κ2) is 7.77. The van der Waals surface area contributed by atoms with Gasteiger partial charge in [-0.2, -0.15) is 0 Å². The average molecular weight is 320 g/mol. The summed E-state index contributed by atoms with van der Waals surface area (Å²) in [6, 6.07) is 7.53. The summed E-state index contributed by atoms with van der Waals surface area (Å²) in [6.45, 7) is 1.01. The molecule has 7 nitrogen and oxygen atoms in total. The zero-order chi connectivity index (χ0) is 16.6. The zero-order valence-electron chi connectivity index (χ0n) is 12.9. The van der Waals surface area contributed by atoms with Crippen molar-refractivity contribution < 1.29 is 4.79 Å². The summed E-state index contributed by atoms with van der Waals surface area (Å²) in [4.78, 5) is 28.4. The lowest BCUT2D eigenvalue weighted by atomic mass is 10.2. The first-order valence-corrected chi connectivity index (χ1v) is 7.43. The van der Waals surface area contributed by atoms with Crippen molar-refractivity contribution >= 4 is 11.7 Å². The number of carbonyl (C=O) groups excluding carboxylic acids is 1. The van der Waals surface area contributed by atoms with Crippen LogP contribution in [0.3, 0.4) is 0 Å². The van der Waals surface area contributed by atoms with Crippen LogP contribution in [-0.4, -0.2) is 25.8 Å². The molecule has 3 aromatic heterocycles. The third kappa shape index (κ3) is 4.33. The number of carbonyl (C=O) groups is 1.